The molecule has 94 valence electrons. The number of hydrogen-bond donors (Lipinski definition) is 2. The van der Waals surface area contributed by atoms with Crippen molar-refractivity contribution in [2.24, 2.45) is 0 Å². The highest BCUT2D eigenvalue weighted by Crippen LogP contribution is 2.19. The van der Waals surface area contributed by atoms with Gasteiger partial charge in [0.2, 0.25) is 5.91 Å². The van der Waals surface area contributed by atoms with Crippen molar-refractivity contribution in [2.45, 2.75) is 12.2 Å². The van der Waals surface area contributed by atoms with Crippen LogP contribution in [0.4, 0.5) is 11.4 Å². The molecule has 0 saturated heterocycles. The summed E-state index contributed by atoms with van der Waals surface area (Å²) in [7, 11) is 1.65. The predicted octanol–water partition coefficient (Wildman–Crippen LogP) is 1.98. The summed E-state index contributed by atoms with van der Waals surface area (Å²) in [5, 5.41) is 2.69. The third-order valence-electron chi connectivity index (χ3n) is 2.24. The van der Waals surface area contributed by atoms with Gasteiger partial charge < -0.3 is 15.8 Å². The van der Waals surface area contributed by atoms with E-state index < -0.39 is 0 Å². The number of carbonyl (C=O) groups is 1. The predicted molar refractivity (Wildman–Crippen MR) is 73.3 cm³/mol. The van der Waals surface area contributed by atoms with Crippen LogP contribution in [0.2, 0.25) is 0 Å². The van der Waals surface area contributed by atoms with Gasteiger partial charge in [-0.1, -0.05) is 12.1 Å². The van der Waals surface area contributed by atoms with E-state index in [2.05, 4.69) is 5.32 Å². The van der Waals surface area contributed by atoms with Gasteiger partial charge in [0.25, 0.3) is 0 Å². The average Bonchev–Trinajstić information content (AvgIpc) is 2.32. The summed E-state index contributed by atoms with van der Waals surface area (Å²) >= 11 is 1.56. The summed E-state index contributed by atoms with van der Waals surface area (Å²) in [6.07, 6.45) is 0. The van der Waals surface area contributed by atoms with Crippen LogP contribution in [0.25, 0.3) is 0 Å². The Hall–Kier alpha value is -1.20. The largest absolute Gasteiger partial charge is 0.397 e. The molecule has 0 aromatic heterocycles. The van der Waals surface area contributed by atoms with Crippen molar-refractivity contribution in [3.05, 3.63) is 24.3 Å². The number of nitrogens with two attached hydrogens (primary N) is 1. The summed E-state index contributed by atoms with van der Waals surface area (Å²) < 4.78 is 4.94. The van der Waals surface area contributed by atoms with E-state index in [0.29, 0.717) is 18.0 Å². The van der Waals surface area contributed by atoms with Crippen LogP contribution in [0.5, 0.6) is 0 Å². The number of rotatable bonds is 6. The first kappa shape index (κ1) is 13.9. The maximum absolute atomic E-state index is 11.8. The van der Waals surface area contributed by atoms with Crippen LogP contribution in [0.15, 0.2) is 24.3 Å². The molecule has 1 aromatic carbocycles. The third-order valence-corrected chi connectivity index (χ3v) is 3.36. The zero-order valence-corrected chi connectivity index (χ0v) is 10.9. The molecule has 0 aliphatic heterocycles. The maximum atomic E-state index is 11.8. The Morgan fingerprint density at radius 1 is 1.53 bits per heavy atom. The molecule has 3 N–H and O–H groups in total. The molecule has 0 spiro atoms. The number of anilines is 2. The molecule has 1 atom stereocenters. The molecular formula is C12H18N2O2S. The van der Waals surface area contributed by atoms with Crippen molar-refractivity contribution in [1.82, 2.24) is 0 Å². The van der Waals surface area contributed by atoms with E-state index in [4.69, 9.17) is 10.5 Å². The van der Waals surface area contributed by atoms with Crippen LogP contribution in [0.1, 0.15) is 6.92 Å². The average molecular weight is 254 g/mol. The Bertz CT molecular complexity index is 371. The Morgan fingerprint density at radius 3 is 2.88 bits per heavy atom. The maximum Gasteiger partial charge on any atom is 0.237 e. The molecule has 1 amide bonds. The number of benzene rings is 1. The van der Waals surface area contributed by atoms with Crippen molar-refractivity contribution in [3.8, 4) is 0 Å². The van der Waals surface area contributed by atoms with Gasteiger partial charge in [-0.25, -0.2) is 0 Å². The lowest BCUT2D eigenvalue weighted by Crippen LogP contribution is -2.23. The number of ether oxygens (including phenoxy) is 1. The van der Waals surface area contributed by atoms with Crippen LogP contribution in [0, 0.1) is 0 Å². The van der Waals surface area contributed by atoms with Crippen LogP contribution in [-0.4, -0.2) is 30.6 Å². The van der Waals surface area contributed by atoms with E-state index in [1.165, 1.54) is 0 Å². The molecule has 5 heteroatoms. The standard InChI is InChI=1S/C12H18N2O2S/c1-9(17-8-7-16-2)12(15)14-11-6-4-3-5-10(11)13/h3-6,9H,7-8,13H2,1-2H3,(H,14,15). The number of thioether (sulfide) groups is 1. The second kappa shape index (κ2) is 7.19. The molecule has 0 aliphatic carbocycles. The minimum atomic E-state index is -0.121. The summed E-state index contributed by atoms with van der Waals surface area (Å²) in [6.45, 7) is 2.52. The zero-order chi connectivity index (χ0) is 12.7. The second-order valence-electron chi connectivity index (χ2n) is 3.58. The zero-order valence-electron chi connectivity index (χ0n) is 10.1. The minimum absolute atomic E-state index is 0.0380. The van der Waals surface area contributed by atoms with Crippen LogP contribution in [-0.2, 0) is 9.53 Å². The van der Waals surface area contributed by atoms with Crippen molar-refractivity contribution in [3.63, 3.8) is 0 Å². The monoisotopic (exact) mass is 254 g/mol. The Balaban J connectivity index is 2.46. The highest BCUT2D eigenvalue weighted by molar-refractivity contribution is 8.00. The first-order valence-corrected chi connectivity index (χ1v) is 6.46. The summed E-state index contributed by atoms with van der Waals surface area (Å²) in [6, 6.07) is 7.23. The number of amides is 1. The van der Waals surface area contributed by atoms with E-state index >= 15 is 0 Å². The van der Waals surface area contributed by atoms with Gasteiger partial charge >= 0.3 is 0 Å². The first-order chi connectivity index (χ1) is 8.15. The van der Waals surface area contributed by atoms with Gasteiger partial charge in [-0.2, -0.15) is 0 Å². The van der Waals surface area contributed by atoms with E-state index in [1.807, 2.05) is 19.1 Å². The van der Waals surface area contributed by atoms with Crippen LogP contribution < -0.4 is 11.1 Å². The number of carbonyl (C=O) groups excluding carboxylic acids is 1. The molecule has 1 aromatic rings. The number of hydrogen-bond acceptors (Lipinski definition) is 4. The number of nitrogen functional groups attached to an aromatic ring is 1. The molecule has 4 nitrogen and oxygen atoms in total. The topological polar surface area (TPSA) is 64.3 Å². The lowest BCUT2D eigenvalue weighted by Gasteiger charge is -2.12. The lowest BCUT2D eigenvalue weighted by molar-refractivity contribution is -0.115. The summed E-state index contributed by atoms with van der Waals surface area (Å²) in [5.74, 6) is 0.763. The molecule has 17 heavy (non-hydrogen) atoms. The molecule has 0 saturated carbocycles. The van der Waals surface area contributed by atoms with Gasteiger partial charge in [0.05, 0.1) is 23.2 Å². The fourth-order valence-corrected chi connectivity index (χ4v) is 2.06. The van der Waals surface area contributed by atoms with Gasteiger partial charge in [-0.15, -0.1) is 11.8 Å². The SMILES string of the molecule is COCCSC(C)C(=O)Nc1ccccc1N. The summed E-state index contributed by atoms with van der Waals surface area (Å²) in [4.78, 5) is 11.8. The lowest BCUT2D eigenvalue weighted by atomic mass is 10.2. The third kappa shape index (κ3) is 4.66. The second-order valence-corrected chi connectivity index (χ2v) is 5.03. The van der Waals surface area contributed by atoms with Crippen molar-refractivity contribution >= 4 is 29.0 Å². The van der Waals surface area contributed by atoms with Crippen molar-refractivity contribution < 1.29 is 9.53 Å². The van der Waals surface area contributed by atoms with E-state index in [1.54, 1.807) is 31.0 Å². The van der Waals surface area contributed by atoms with Gasteiger partial charge in [-0.05, 0) is 19.1 Å². The van der Waals surface area contributed by atoms with Crippen LogP contribution in [0.3, 0.4) is 0 Å². The minimum Gasteiger partial charge on any atom is -0.397 e. The first-order valence-electron chi connectivity index (χ1n) is 5.41. The highest BCUT2D eigenvalue weighted by Gasteiger charge is 2.13. The van der Waals surface area contributed by atoms with E-state index in [0.717, 1.165) is 5.75 Å². The number of para-hydroxylation sites is 2. The molecule has 1 rings (SSSR count). The molecule has 0 aliphatic rings. The molecular weight excluding hydrogens is 236 g/mol. The Labute approximate surface area is 106 Å². The molecule has 0 radical (unpaired) electrons. The molecule has 0 bridgehead atoms. The highest BCUT2D eigenvalue weighted by atomic mass is 32.2. The van der Waals surface area contributed by atoms with Gasteiger partial charge in [0.15, 0.2) is 0 Å². The normalized spacial score (nSPS) is 12.1. The molecule has 0 fully saturated rings. The van der Waals surface area contributed by atoms with Crippen molar-refractivity contribution in [1.29, 1.82) is 0 Å². The fraction of sp³-hybridized carbons (Fsp3) is 0.417. The van der Waals surface area contributed by atoms with E-state index in [-0.39, 0.29) is 11.2 Å². The summed E-state index contributed by atoms with van der Waals surface area (Å²) in [5.41, 5.74) is 6.99. The number of methoxy groups -OCH3 is 1. The van der Waals surface area contributed by atoms with E-state index in [9.17, 15) is 4.79 Å². The molecule has 0 heterocycles. The number of nitrogens with one attached hydrogen (secondary N) is 1. The fourth-order valence-electron chi connectivity index (χ4n) is 1.23. The molecule has 1 unspecified atom stereocenters. The van der Waals surface area contributed by atoms with Gasteiger partial charge in [-0.3, -0.25) is 4.79 Å². The van der Waals surface area contributed by atoms with Gasteiger partial charge in [0, 0.05) is 12.9 Å². The quantitative estimate of drug-likeness (QED) is 0.602. The van der Waals surface area contributed by atoms with Crippen LogP contribution >= 0.6 is 11.8 Å². The van der Waals surface area contributed by atoms with Crippen molar-refractivity contribution in [2.75, 3.05) is 30.5 Å². The Kier molecular flexibility index (Phi) is 5.86. The smallest absolute Gasteiger partial charge is 0.237 e. The van der Waals surface area contributed by atoms with Gasteiger partial charge in [0.1, 0.15) is 0 Å². The Morgan fingerprint density at radius 2 is 2.24 bits per heavy atom.